The van der Waals surface area contributed by atoms with Crippen molar-refractivity contribution >= 4 is 39.8 Å². The molecule has 3 rings (SSSR count). The minimum atomic E-state index is -0.241. The van der Waals surface area contributed by atoms with Gasteiger partial charge in [-0.15, -0.1) is 23.1 Å². The van der Waals surface area contributed by atoms with Gasteiger partial charge >= 0.3 is 0 Å². The number of rotatable bonds is 5. The third-order valence-electron chi connectivity index (χ3n) is 3.26. The first-order valence-electron chi connectivity index (χ1n) is 7.32. The van der Waals surface area contributed by atoms with E-state index in [1.165, 1.54) is 30.4 Å². The van der Waals surface area contributed by atoms with E-state index >= 15 is 0 Å². The second-order valence-corrected chi connectivity index (χ2v) is 6.94. The molecule has 1 amide bonds. The SMILES string of the molecule is CC(=O)N(c1ccccc1)c1nc(CSc2ccc(F)cc2)cs1. The highest BCUT2D eigenvalue weighted by Crippen LogP contribution is 2.31. The fourth-order valence-corrected chi connectivity index (χ4v) is 3.94. The van der Waals surface area contributed by atoms with Crippen LogP contribution in [0.2, 0.25) is 0 Å². The van der Waals surface area contributed by atoms with Crippen LogP contribution in [0.15, 0.2) is 64.9 Å². The molecule has 0 saturated carbocycles. The van der Waals surface area contributed by atoms with E-state index in [0.717, 1.165) is 16.3 Å². The molecule has 0 unspecified atom stereocenters. The van der Waals surface area contributed by atoms with E-state index in [4.69, 9.17) is 0 Å². The first-order valence-corrected chi connectivity index (χ1v) is 9.18. The van der Waals surface area contributed by atoms with Crippen molar-refractivity contribution in [2.24, 2.45) is 0 Å². The summed E-state index contributed by atoms with van der Waals surface area (Å²) in [5, 5.41) is 2.61. The van der Waals surface area contributed by atoms with Crippen LogP contribution in [-0.4, -0.2) is 10.9 Å². The van der Waals surface area contributed by atoms with Crippen molar-refractivity contribution < 1.29 is 9.18 Å². The average Bonchev–Trinajstić information content (AvgIpc) is 3.03. The molecule has 0 aliphatic rings. The zero-order valence-electron chi connectivity index (χ0n) is 13.0. The smallest absolute Gasteiger partial charge is 0.230 e. The topological polar surface area (TPSA) is 33.2 Å². The molecule has 6 heteroatoms. The van der Waals surface area contributed by atoms with Gasteiger partial charge in [0.1, 0.15) is 5.82 Å². The molecule has 0 N–H and O–H groups in total. The molecule has 1 aromatic heterocycles. The monoisotopic (exact) mass is 358 g/mol. The van der Waals surface area contributed by atoms with Gasteiger partial charge in [0.25, 0.3) is 0 Å². The lowest BCUT2D eigenvalue weighted by atomic mass is 10.3. The van der Waals surface area contributed by atoms with Gasteiger partial charge in [0.2, 0.25) is 5.91 Å². The Labute approximate surface area is 148 Å². The van der Waals surface area contributed by atoms with Crippen LogP contribution < -0.4 is 4.90 Å². The molecule has 1 heterocycles. The van der Waals surface area contributed by atoms with Crippen molar-refractivity contribution in [3.8, 4) is 0 Å². The molecule has 0 radical (unpaired) electrons. The summed E-state index contributed by atoms with van der Waals surface area (Å²) >= 11 is 3.02. The van der Waals surface area contributed by atoms with Gasteiger partial charge < -0.3 is 0 Å². The van der Waals surface area contributed by atoms with Crippen LogP contribution in [0.4, 0.5) is 15.2 Å². The number of carbonyl (C=O) groups is 1. The summed E-state index contributed by atoms with van der Waals surface area (Å²) in [6.07, 6.45) is 0. The standard InChI is InChI=1S/C18H15FN2OS2/c1-13(22)21(16-5-3-2-4-6-16)18-20-15(12-24-18)11-23-17-9-7-14(19)8-10-17/h2-10,12H,11H2,1H3. The average molecular weight is 358 g/mol. The lowest BCUT2D eigenvalue weighted by Gasteiger charge is -2.17. The van der Waals surface area contributed by atoms with Crippen LogP contribution in [0, 0.1) is 5.82 Å². The van der Waals surface area contributed by atoms with E-state index in [9.17, 15) is 9.18 Å². The summed E-state index contributed by atoms with van der Waals surface area (Å²) in [6, 6.07) is 15.9. The Morgan fingerprint density at radius 3 is 2.54 bits per heavy atom. The number of benzene rings is 2. The van der Waals surface area contributed by atoms with E-state index in [2.05, 4.69) is 4.98 Å². The summed E-state index contributed by atoms with van der Waals surface area (Å²) in [7, 11) is 0. The molecule has 0 aliphatic carbocycles. The van der Waals surface area contributed by atoms with E-state index in [1.54, 1.807) is 28.8 Å². The van der Waals surface area contributed by atoms with Crippen LogP contribution in [-0.2, 0) is 10.5 Å². The maximum atomic E-state index is 12.9. The van der Waals surface area contributed by atoms with E-state index < -0.39 is 0 Å². The Morgan fingerprint density at radius 1 is 1.17 bits per heavy atom. The van der Waals surface area contributed by atoms with Crippen molar-refractivity contribution in [2.75, 3.05) is 4.90 Å². The summed E-state index contributed by atoms with van der Waals surface area (Å²) < 4.78 is 12.9. The number of amides is 1. The molecule has 122 valence electrons. The molecule has 3 nitrogen and oxygen atoms in total. The van der Waals surface area contributed by atoms with Gasteiger partial charge in [-0.3, -0.25) is 9.69 Å². The first kappa shape index (κ1) is 16.7. The first-order chi connectivity index (χ1) is 11.6. The van der Waals surface area contributed by atoms with Crippen molar-refractivity contribution in [3.05, 3.63) is 71.5 Å². The third-order valence-corrected chi connectivity index (χ3v) is 5.18. The number of thioether (sulfide) groups is 1. The maximum absolute atomic E-state index is 12.9. The molecule has 0 spiro atoms. The van der Waals surface area contributed by atoms with Crippen LogP contribution in [0.1, 0.15) is 12.6 Å². The second kappa shape index (κ2) is 7.59. The second-order valence-electron chi connectivity index (χ2n) is 5.05. The quantitative estimate of drug-likeness (QED) is 0.583. The Hall–Kier alpha value is -2.18. The Kier molecular flexibility index (Phi) is 5.27. The fourth-order valence-electron chi connectivity index (χ4n) is 2.16. The predicted octanol–water partition coefficient (Wildman–Crippen LogP) is 5.26. The molecular weight excluding hydrogens is 343 g/mol. The van der Waals surface area contributed by atoms with Crippen molar-refractivity contribution in [2.45, 2.75) is 17.6 Å². The van der Waals surface area contributed by atoms with Crippen LogP contribution in [0.25, 0.3) is 0 Å². The Balaban J connectivity index is 1.74. The molecule has 0 saturated heterocycles. The molecule has 0 atom stereocenters. The van der Waals surface area contributed by atoms with Crippen LogP contribution in [0.5, 0.6) is 0 Å². The van der Waals surface area contributed by atoms with Gasteiger partial charge in [-0.25, -0.2) is 9.37 Å². The summed E-state index contributed by atoms with van der Waals surface area (Å²) in [4.78, 5) is 19.2. The highest BCUT2D eigenvalue weighted by molar-refractivity contribution is 7.98. The van der Waals surface area contributed by atoms with Gasteiger partial charge in [-0.1, -0.05) is 18.2 Å². The molecule has 2 aromatic carbocycles. The highest BCUT2D eigenvalue weighted by Gasteiger charge is 2.17. The van der Waals surface area contributed by atoms with Crippen molar-refractivity contribution in [3.63, 3.8) is 0 Å². The molecule has 24 heavy (non-hydrogen) atoms. The number of thiazole rings is 1. The number of halogens is 1. The lowest BCUT2D eigenvalue weighted by Crippen LogP contribution is -2.22. The lowest BCUT2D eigenvalue weighted by molar-refractivity contribution is -0.115. The molecule has 0 fully saturated rings. The largest absolute Gasteiger partial charge is 0.274 e. The van der Waals surface area contributed by atoms with Crippen molar-refractivity contribution in [1.29, 1.82) is 0 Å². The number of aromatic nitrogens is 1. The number of anilines is 2. The minimum absolute atomic E-state index is 0.0757. The van der Waals surface area contributed by atoms with Crippen LogP contribution >= 0.6 is 23.1 Å². The third kappa shape index (κ3) is 4.01. The Morgan fingerprint density at radius 2 is 1.88 bits per heavy atom. The van der Waals surface area contributed by atoms with Gasteiger partial charge in [0.05, 0.1) is 11.4 Å². The Bertz CT molecular complexity index is 819. The normalized spacial score (nSPS) is 10.6. The molecule has 0 aliphatic heterocycles. The van der Waals surface area contributed by atoms with Gasteiger partial charge in [-0.2, -0.15) is 0 Å². The number of hydrogen-bond acceptors (Lipinski definition) is 4. The number of hydrogen-bond donors (Lipinski definition) is 0. The molecule has 3 aromatic rings. The zero-order valence-corrected chi connectivity index (χ0v) is 14.6. The molecule has 0 bridgehead atoms. The summed E-state index contributed by atoms with van der Waals surface area (Å²) in [5.74, 6) is 0.353. The van der Waals surface area contributed by atoms with E-state index in [-0.39, 0.29) is 11.7 Å². The predicted molar refractivity (Wildman–Crippen MR) is 97.3 cm³/mol. The van der Waals surface area contributed by atoms with E-state index in [0.29, 0.717) is 10.9 Å². The number of para-hydroxylation sites is 1. The summed E-state index contributed by atoms with van der Waals surface area (Å²) in [5.41, 5.74) is 1.70. The van der Waals surface area contributed by atoms with Crippen LogP contribution in [0.3, 0.4) is 0 Å². The fraction of sp³-hybridized carbons (Fsp3) is 0.111. The zero-order chi connectivity index (χ0) is 16.9. The highest BCUT2D eigenvalue weighted by atomic mass is 32.2. The summed E-state index contributed by atoms with van der Waals surface area (Å²) in [6.45, 7) is 1.53. The van der Waals surface area contributed by atoms with Gasteiger partial charge in [0, 0.05) is 23.0 Å². The number of carbonyl (C=O) groups excluding carboxylic acids is 1. The van der Waals surface area contributed by atoms with Crippen molar-refractivity contribution in [1.82, 2.24) is 4.98 Å². The van der Waals surface area contributed by atoms with E-state index in [1.807, 2.05) is 35.7 Å². The van der Waals surface area contributed by atoms with Gasteiger partial charge in [-0.05, 0) is 36.4 Å². The maximum Gasteiger partial charge on any atom is 0.230 e. The minimum Gasteiger partial charge on any atom is -0.274 e. The van der Waals surface area contributed by atoms with Gasteiger partial charge in [0.15, 0.2) is 5.13 Å². The molecular formula is C18H15FN2OS2. The number of nitrogens with zero attached hydrogens (tertiary/aromatic N) is 2.